The van der Waals surface area contributed by atoms with E-state index in [-0.39, 0.29) is 0 Å². The van der Waals surface area contributed by atoms with Crippen molar-refractivity contribution in [3.63, 3.8) is 0 Å². The second-order valence-corrected chi connectivity index (χ2v) is 2.60. The van der Waals surface area contributed by atoms with E-state index < -0.39 is 0 Å². The van der Waals surface area contributed by atoms with E-state index in [9.17, 15) is 0 Å². The summed E-state index contributed by atoms with van der Waals surface area (Å²) in [5.74, 6) is 0.981. The average Bonchev–Trinajstić information content (AvgIpc) is 2.15. The quantitative estimate of drug-likeness (QED) is 0.687. The van der Waals surface area contributed by atoms with E-state index in [1.165, 1.54) is 5.56 Å². The van der Waals surface area contributed by atoms with Gasteiger partial charge >= 0.3 is 0 Å². The van der Waals surface area contributed by atoms with Crippen molar-refractivity contribution in [2.24, 2.45) is 0 Å². The van der Waals surface area contributed by atoms with Crippen LogP contribution in [0.3, 0.4) is 0 Å². The maximum absolute atomic E-state index is 5.47. The highest BCUT2D eigenvalue weighted by Crippen LogP contribution is 2.17. The van der Waals surface area contributed by atoms with Crippen LogP contribution in [0.15, 0.2) is 24.3 Å². The van der Waals surface area contributed by atoms with E-state index in [1.54, 1.807) is 0 Å². The monoisotopic (exact) mass is 165 g/mol. The molecule has 0 saturated heterocycles. The summed E-state index contributed by atoms with van der Waals surface area (Å²) in [7, 11) is 1.87. The van der Waals surface area contributed by atoms with E-state index in [0.29, 0.717) is 6.73 Å². The predicted molar refractivity (Wildman–Crippen MR) is 50.4 cm³/mol. The van der Waals surface area contributed by atoms with Crippen LogP contribution < -0.4 is 10.1 Å². The zero-order chi connectivity index (χ0) is 8.81. The highest BCUT2D eigenvalue weighted by Gasteiger charge is 1.98. The molecule has 2 nitrogen and oxygen atoms in total. The first kappa shape index (κ1) is 9.07. The number of nitrogens with one attached hydrogen (secondary N) is 1. The zero-order valence-electron chi connectivity index (χ0n) is 7.63. The molecule has 0 aliphatic rings. The lowest BCUT2D eigenvalue weighted by atomic mass is 10.1. The molecule has 0 fully saturated rings. The maximum Gasteiger partial charge on any atom is 0.139 e. The molecule has 1 N–H and O–H groups in total. The minimum atomic E-state index is 0.566. The molecular weight excluding hydrogens is 150 g/mol. The van der Waals surface area contributed by atoms with Gasteiger partial charge in [-0.1, -0.05) is 25.1 Å². The summed E-state index contributed by atoms with van der Waals surface area (Å²) in [5, 5.41) is 2.95. The van der Waals surface area contributed by atoms with E-state index in [4.69, 9.17) is 4.74 Å². The lowest BCUT2D eigenvalue weighted by Crippen LogP contribution is -2.14. The Morgan fingerprint density at radius 2 is 2.08 bits per heavy atom. The first-order valence-corrected chi connectivity index (χ1v) is 4.23. The zero-order valence-corrected chi connectivity index (χ0v) is 7.63. The van der Waals surface area contributed by atoms with Gasteiger partial charge in [0.25, 0.3) is 0 Å². The van der Waals surface area contributed by atoms with E-state index in [0.717, 1.165) is 12.2 Å². The largest absolute Gasteiger partial charge is 0.478 e. The third kappa shape index (κ3) is 2.24. The molecule has 0 bridgehead atoms. The minimum Gasteiger partial charge on any atom is -0.478 e. The van der Waals surface area contributed by atoms with Crippen LogP contribution in [0, 0.1) is 0 Å². The molecule has 0 unspecified atom stereocenters. The van der Waals surface area contributed by atoms with Crippen molar-refractivity contribution in [2.45, 2.75) is 13.3 Å². The molecule has 1 rings (SSSR count). The fourth-order valence-electron chi connectivity index (χ4n) is 1.09. The Bertz CT molecular complexity index is 235. The minimum absolute atomic E-state index is 0.566. The summed E-state index contributed by atoms with van der Waals surface area (Å²) in [6, 6.07) is 8.11. The average molecular weight is 165 g/mol. The standard InChI is InChI=1S/C10H15NO/c1-3-9-6-4-5-7-10(9)12-8-11-2/h4-7,11H,3,8H2,1-2H3. The summed E-state index contributed by atoms with van der Waals surface area (Å²) in [5.41, 5.74) is 1.26. The van der Waals surface area contributed by atoms with Crippen molar-refractivity contribution >= 4 is 0 Å². The molecule has 0 radical (unpaired) electrons. The number of para-hydroxylation sites is 1. The van der Waals surface area contributed by atoms with Gasteiger partial charge in [0.15, 0.2) is 0 Å². The Balaban J connectivity index is 2.68. The van der Waals surface area contributed by atoms with Crippen LogP contribution in [0.2, 0.25) is 0 Å². The molecule has 1 aromatic carbocycles. The van der Waals surface area contributed by atoms with Crippen LogP contribution in [0.4, 0.5) is 0 Å². The second-order valence-electron chi connectivity index (χ2n) is 2.60. The molecule has 0 saturated carbocycles. The second kappa shape index (κ2) is 4.78. The van der Waals surface area contributed by atoms with Crippen molar-refractivity contribution in [1.29, 1.82) is 0 Å². The number of ether oxygens (including phenoxy) is 1. The van der Waals surface area contributed by atoms with Crippen molar-refractivity contribution in [3.05, 3.63) is 29.8 Å². The Morgan fingerprint density at radius 1 is 1.33 bits per heavy atom. The first-order valence-electron chi connectivity index (χ1n) is 4.23. The maximum atomic E-state index is 5.47. The first-order chi connectivity index (χ1) is 5.88. The van der Waals surface area contributed by atoms with Crippen LogP contribution in [0.5, 0.6) is 5.75 Å². The van der Waals surface area contributed by atoms with E-state index in [2.05, 4.69) is 18.3 Å². The van der Waals surface area contributed by atoms with Gasteiger partial charge in [0.05, 0.1) is 0 Å². The van der Waals surface area contributed by atoms with Gasteiger partial charge in [-0.25, -0.2) is 0 Å². The van der Waals surface area contributed by atoms with Gasteiger partial charge in [0, 0.05) is 0 Å². The molecule has 0 amide bonds. The van der Waals surface area contributed by atoms with Gasteiger partial charge in [0.2, 0.25) is 0 Å². The molecule has 2 heteroatoms. The van der Waals surface area contributed by atoms with Gasteiger partial charge in [-0.05, 0) is 25.1 Å². The number of aryl methyl sites for hydroxylation is 1. The molecule has 0 aromatic heterocycles. The lowest BCUT2D eigenvalue weighted by molar-refractivity contribution is 0.293. The number of hydrogen-bond acceptors (Lipinski definition) is 2. The third-order valence-corrected chi connectivity index (χ3v) is 1.73. The molecule has 0 aliphatic carbocycles. The van der Waals surface area contributed by atoms with Gasteiger partial charge in [-0.15, -0.1) is 0 Å². The van der Waals surface area contributed by atoms with Crippen LogP contribution in [-0.4, -0.2) is 13.8 Å². The summed E-state index contributed by atoms with van der Waals surface area (Å²) in [4.78, 5) is 0. The molecular formula is C10H15NO. The Morgan fingerprint density at radius 3 is 2.75 bits per heavy atom. The fourth-order valence-corrected chi connectivity index (χ4v) is 1.09. The van der Waals surface area contributed by atoms with E-state index in [1.807, 2.05) is 25.2 Å². The highest BCUT2D eigenvalue weighted by atomic mass is 16.5. The summed E-state index contributed by atoms with van der Waals surface area (Å²) in [6.07, 6.45) is 1.01. The summed E-state index contributed by atoms with van der Waals surface area (Å²) < 4.78 is 5.47. The van der Waals surface area contributed by atoms with Crippen LogP contribution in [-0.2, 0) is 6.42 Å². The predicted octanol–water partition coefficient (Wildman–Crippen LogP) is 1.80. The van der Waals surface area contributed by atoms with Gasteiger partial charge < -0.3 is 4.74 Å². The van der Waals surface area contributed by atoms with Crippen LogP contribution in [0.1, 0.15) is 12.5 Å². The fraction of sp³-hybridized carbons (Fsp3) is 0.400. The lowest BCUT2D eigenvalue weighted by Gasteiger charge is -2.08. The van der Waals surface area contributed by atoms with Gasteiger partial charge in [0.1, 0.15) is 12.5 Å². The molecule has 0 atom stereocenters. The summed E-state index contributed by atoms with van der Waals surface area (Å²) >= 11 is 0. The molecule has 12 heavy (non-hydrogen) atoms. The van der Waals surface area contributed by atoms with Crippen molar-refractivity contribution < 1.29 is 4.74 Å². The van der Waals surface area contributed by atoms with Crippen LogP contribution >= 0.6 is 0 Å². The smallest absolute Gasteiger partial charge is 0.139 e. The van der Waals surface area contributed by atoms with Gasteiger partial charge in [-0.2, -0.15) is 0 Å². The normalized spacial score (nSPS) is 9.83. The SMILES string of the molecule is CCc1ccccc1OCNC. The van der Waals surface area contributed by atoms with Crippen LogP contribution in [0.25, 0.3) is 0 Å². The number of rotatable bonds is 4. The van der Waals surface area contributed by atoms with Crippen molar-refractivity contribution in [3.8, 4) is 5.75 Å². The Kier molecular flexibility index (Phi) is 3.61. The van der Waals surface area contributed by atoms with Crippen molar-refractivity contribution in [1.82, 2.24) is 5.32 Å². The molecule has 0 heterocycles. The van der Waals surface area contributed by atoms with Crippen molar-refractivity contribution in [2.75, 3.05) is 13.8 Å². The molecule has 0 aliphatic heterocycles. The summed E-state index contributed by atoms with van der Waals surface area (Å²) in [6.45, 7) is 2.69. The third-order valence-electron chi connectivity index (χ3n) is 1.73. The molecule has 0 spiro atoms. The van der Waals surface area contributed by atoms with E-state index >= 15 is 0 Å². The number of hydrogen-bond donors (Lipinski definition) is 1. The van der Waals surface area contributed by atoms with Gasteiger partial charge in [-0.3, -0.25) is 5.32 Å². The Hall–Kier alpha value is -1.02. The topological polar surface area (TPSA) is 21.3 Å². The molecule has 1 aromatic rings. The molecule has 66 valence electrons. The highest BCUT2D eigenvalue weighted by molar-refractivity contribution is 5.32. The Labute approximate surface area is 73.6 Å². The number of benzene rings is 1.